The molecule has 0 N–H and O–H groups in total. The Hall–Kier alpha value is -2.66. The van der Waals surface area contributed by atoms with Gasteiger partial charge < -0.3 is 0 Å². The van der Waals surface area contributed by atoms with Gasteiger partial charge in [0.25, 0.3) is 0 Å². The molecule has 2 nitrogen and oxygen atoms in total. The van der Waals surface area contributed by atoms with Crippen molar-refractivity contribution in [1.29, 1.82) is 5.26 Å². The van der Waals surface area contributed by atoms with Crippen molar-refractivity contribution in [1.82, 2.24) is 0 Å². The standard InChI is InChI=1S/C16H9NO/c17-9-15-11-5-1-3-7-13(11)16(10-18)14-8-4-2-6-12(14)15/h1-8,10H. The first kappa shape index (κ1) is 10.5. The number of carbonyl (C=O) groups excluding carboxylic acids is 1. The highest BCUT2D eigenvalue weighted by Gasteiger charge is 2.11. The van der Waals surface area contributed by atoms with E-state index < -0.39 is 0 Å². The zero-order valence-electron chi connectivity index (χ0n) is 9.55. The zero-order chi connectivity index (χ0) is 12.5. The fourth-order valence-corrected chi connectivity index (χ4v) is 2.41. The topological polar surface area (TPSA) is 40.9 Å². The van der Waals surface area contributed by atoms with Gasteiger partial charge in [0.15, 0.2) is 6.29 Å². The number of hydrogen-bond acceptors (Lipinski definition) is 2. The molecule has 0 bridgehead atoms. The molecule has 0 amide bonds. The van der Waals surface area contributed by atoms with Crippen molar-refractivity contribution in [2.75, 3.05) is 0 Å². The smallest absolute Gasteiger partial charge is 0.151 e. The van der Waals surface area contributed by atoms with E-state index in [0.29, 0.717) is 11.1 Å². The lowest BCUT2D eigenvalue weighted by molar-refractivity contribution is 0.112. The van der Waals surface area contributed by atoms with Gasteiger partial charge in [-0.2, -0.15) is 5.26 Å². The number of aldehydes is 1. The summed E-state index contributed by atoms with van der Waals surface area (Å²) in [6, 6.07) is 17.3. The van der Waals surface area contributed by atoms with Gasteiger partial charge in [-0.05, 0) is 10.8 Å². The third-order valence-corrected chi connectivity index (χ3v) is 3.20. The lowest BCUT2D eigenvalue weighted by Gasteiger charge is -2.09. The third-order valence-electron chi connectivity index (χ3n) is 3.20. The van der Waals surface area contributed by atoms with Gasteiger partial charge in [-0.3, -0.25) is 4.79 Å². The van der Waals surface area contributed by atoms with Gasteiger partial charge in [-0.25, -0.2) is 0 Å². The minimum absolute atomic E-state index is 0.631. The van der Waals surface area contributed by atoms with Crippen LogP contribution in [0.15, 0.2) is 48.5 Å². The van der Waals surface area contributed by atoms with E-state index >= 15 is 0 Å². The number of benzene rings is 3. The zero-order valence-corrected chi connectivity index (χ0v) is 9.55. The molecule has 0 unspecified atom stereocenters. The molecular weight excluding hydrogens is 222 g/mol. The molecule has 0 aliphatic rings. The molecule has 0 radical (unpaired) electrons. The van der Waals surface area contributed by atoms with Crippen LogP contribution in [0.3, 0.4) is 0 Å². The van der Waals surface area contributed by atoms with Crippen LogP contribution in [0.4, 0.5) is 0 Å². The van der Waals surface area contributed by atoms with E-state index in [2.05, 4.69) is 6.07 Å². The summed E-state index contributed by atoms with van der Waals surface area (Å²) in [6.45, 7) is 0. The maximum atomic E-state index is 11.4. The van der Waals surface area contributed by atoms with E-state index in [9.17, 15) is 10.1 Å². The van der Waals surface area contributed by atoms with E-state index in [1.165, 1.54) is 0 Å². The van der Waals surface area contributed by atoms with Gasteiger partial charge in [-0.1, -0.05) is 48.5 Å². The maximum absolute atomic E-state index is 11.4. The molecule has 0 fully saturated rings. The van der Waals surface area contributed by atoms with Crippen molar-refractivity contribution in [2.45, 2.75) is 0 Å². The molecule has 3 aromatic rings. The van der Waals surface area contributed by atoms with E-state index in [4.69, 9.17) is 0 Å². The fraction of sp³-hybridized carbons (Fsp3) is 0. The summed E-state index contributed by atoms with van der Waals surface area (Å²) in [4.78, 5) is 11.4. The van der Waals surface area contributed by atoms with Crippen molar-refractivity contribution in [3.8, 4) is 6.07 Å². The summed E-state index contributed by atoms with van der Waals surface area (Å²) in [5.41, 5.74) is 1.28. The molecule has 0 heterocycles. The van der Waals surface area contributed by atoms with Crippen LogP contribution in [0, 0.1) is 11.3 Å². The highest BCUT2D eigenvalue weighted by molar-refractivity contribution is 6.15. The summed E-state index contributed by atoms with van der Waals surface area (Å²) in [6.07, 6.45) is 0.867. The lowest BCUT2D eigenvalue weighted by atomic mass is 9.93. The molecule has 0 spiro atoms. The monoisotopic (exact) mass is 231 g/mol. The Morgan fingerprint density at radius 2 is 1.28 bits per heavy atom. The predicted octanol–water partition coefficient (Wildman–Crippen LogP) is 3.68. The molecule has 0 aliphatic carbocycles. The van der Waals surface area contributed by atoms with Gasteiger partial charge in [0.05, 0.1) is 5.56 Å². The number of hydrogen-bond donors (Lipinski definition) is 0. The van der Waals surface area contributed by atoms with E-state index in [1.807, 2.05) is 48.5 Å². The Labute approximate surface area is 104 Å². The van der Waals surface area contributed by atoms with E-state index in [1.54, 1.807) is 0 Å². The molecule has 2 heteroatoms. The second-order valence-corrected chi connectivity index (χ2v) is 4.11. The van der Waals surface area contributed by atoms with Gasteiger partial charge in [-0.15, -0.1) is 0 Å². The van der Waals surface area contributed by atoms with Crippen molar-refractivity contribution >= 4 is 27.8 Å². The molecule has 3 aromatic carbocycles. The highest BCUT2D eigenvalue weighted by Crippen LogP contribution is 2.31. The molecule has 0 aromatic heterocycles. The summed E-state index contributed by atoms with van der Waals surface area (Å²) >= 11 is 0. The van der Waals surface area contributed by atoms with Crippen LogP contribution in [0.1, 0.15) is 15.9 Å². The first-order chi connectivity index (χ1) is 8.86. The maximum Gasteiger partial charge on any atom is 0.151 e. The predicted molar refractivity (Wildman–Crippen MR) is 71.6 cm³/mol. The second kappa shape index (κ2) is 3.97. The molecular formula is C16H9NO. The van der Waals surface area contributed by atoms with Crippen molar-refractivity contribution < 1.29 is 4.79 Å². The Kier molecular flexibility index (Phi) is 2.32. The third kappa shape index (κ3) is 1.31. The van der Waals surface area contributed by atoms with Crippen LogP contribution in [0.5, 0.6) is 0 Å². The first-order valence-corrected chi connectivity index (χ1v) is 5.65. The number of carbonyl (C=O) groups is 1. The van der Waals surface area contributed by atoms with Crippen LogP contribution in [0.2, 0.25) is 0 Å². The summed E-state index contributed by atoms with van der Waals surface area (Å²) in [5, 5.41) is 12.7. The average molecular weight is 231 g/mol. The van der Waals surface area contributed by atoms with E-state index in [-0.39, 0.29) is 0 Å². The first-order valence-electron chi connectivity index (χ1n) is 5.65. The highest BCUT2D eigenvalue weighted by atomic mass is 16.1. The number of nitrogens with zero attached hydrogens (tertiary/aromatic N) is 1. The van der Waals surface area contributed by atoms with Gasteiger partial charge in [0.1, 0.15) is 6.07 Å². The lowest BCUT2D eigenvalue weighted by Crippen LogP contribution is -1.91. The SMILES string of the molecule is N#Cc1c2ccccc2c(C=O)c2ccccc12. The van der Waals surface area contributed by atoms with Crippen LogP contribution in [-0.4, -0.2) is 6.29 Å². The second-order valence-electron chi connectivity index (χ2n) is 4.11. The Balaban J connectivity index is 2.71. The molecule has 18 heavy (non-hydrogen) atoms. The summed E-state index contributed by atoms with van der Waals surface area (Å²) < 4.78 is 0. The van der Waals surface area contributed by atoms with Crippen LogP contribution < -0.4 is 0 Å². The van der Waals surface area contributed by atoms with Crippen LogP contribution >= 0.6 is 0 Å². The number of nitriles is 1. The molecule has 3 rings (SSSR count). The van der Waals surface area contributed by atoms with Crippen molar-refractivity contribution in [3.05, 3.63) is 59.7 Å². The van der Waals surface area contributed by atoms with Gasteiger partial charge >= 0.3 is 0 Å². The summed E-state index contributed by atoms with van der Waals surface area (Å²) in [7, 11) is 0. The minimum atomic E-state index is 0.631. The molecule has 0 atom stereocenters. The fourth-order valence-electron chi connectivity index (χ4n) is 2.41. The minimum Gasteiger partial charge on any atom is -0.298 e. The molecule has 0 aliphatic heterocycles. The molecule has 84 valence electrons. The Bertz CT molecular complexity index is 755. The van der Waals surface area contributed by atoms with Crippen molar-refractivity contribution in [2.24, 2.45) is 0 Å². The average Bonchev–Trinajstić information content (AvgIpc) is 2.44. The van der Waals surface area contributed by atoms with E-state index in [0.717, 1.165) is 27.8 Å². The van der Waals surface area contributed by atoms with Gasteiger partial charge in [0, 0.05) is 16.3 Å². The Morgan fingerprint density at radius 1 is 0.833 bits per heavy atom. The largest absolute Gasteiger partial charge is 0.298 e. The van der Waals surface area contributed by atoms with Gasteiger partial charge in [0.2, 0.25) is 0 Å². The quantitative estimate of drug-likeness (QED) is 0.473. The van der Waals surface area contributed by atoms with Crippen LogP contribution in [-0.2, 0) is 0 Å². The van der Waals surface area contributed by atoms with Crippen LogP contribution in [0.25, 0.3) is 21.5 Å². The molecule has 0 saturated carbocycles. The number of rotatable bonds is 1. The number of fused-ring (bicyclic) bond motifs is 2. The summed E-state index contributed by atoms with van der Waals surface area (Å²) in [5.74, 6) is 0. The van der Waals surface area contributed by atoms with Crippen molar-refractivity contribution in [3.63, 3.8) is 0 Å². The normalized spacial score (nSPS) is 10.4. The molecule has 0 saturated heterocycles. The Morgan fingerprint density at radius 3 is 1.67 bits per heavy atom.